The minimum absolute atomic E-state index is 0.148. The average molecular weight is 233 g/mol. The molecule has 4 heteroatoms. The van der Waals surface area contributed by atoms with E-state index in [0.29, 0.717) is 12.6 Å². The van der Waals surface area contributed by atoms with Crippen molar-refractivity contribution in [2.45, 2.75) is 19.9 Å². The summed E-state index contributed by atoms with van der Waals surface area (Å²) in [5.74, 6) is 0. The van der Waals surface area contributed by atoms with Crippen molar-refractivity contribution >= 4 is 11.7 Å². The maximum absolute atomic E-state index is 5.52. The Morgan fingerprint density at radius 1 is 1.47 bits per heavy atom. The number of nitrogens with zero attached hydrogens (tertiary/aromatic N) is 2. The van der Waals surface area contributed by atoms with Gasteiger partial charge in [0.1, 0.15) is 12.6 Å². The molecule has 0 saturated heterocycles. The maximum atomic E-state index is 5.52. The van der Waals surface area contributed by atoms with E-state index in [4.69, 9.17) is 10.5 Å². The van der Waals surface area contributed by atoms with Crippen LogP contribution in [0.1, 0.15) is 12.5 Å². The fourth-order valence-electron chi connectivity index (χ4n) is 2.10. The predicted molar refractivity (Wildman–Crippen MR) is 70.4 cm³/mol. The van der Waals surface area contributed by atoms with Crippen LogP contribution >= 0.6 is 0 Å². The Hall–Kier alpha value is -1.71. The van der Waals surface area contributed by atoms with E-state index >= 15 is 0 Å². The highest BCUT2D eigenvalue weighted by Crippen LogP contribution is 2.20. The minimum atomic E-state index is 0.148. The zero-order valence-corrected chi connectivity index (χ0v) is 10.4. The lowest BCUT2D eigenvalue weighted by molar-refractivity contribution is 0.313. The number of anilines is 1. The Balaban J connectivity index is 2.09. The molecular weight excluding hydrogens is 214 g/mol. The number of hydrogen-bond donors (Lipinski definition) is 1. The molecule has 0 bridgehead atoms. The highest BCUT2D eigenvalue weighted by molar-refractivity contribution is 5.73. The fraction of sp³-hybridized carbons (Fsp3) is 0.462. The fourth-order valence-corrected chi connectivity index (χ4v) is 2.10. The molecule has 1 aliphatic heterocycles. The van der Waals surface area contributed by atoms with Crippen molar-refractivity contribution in [1.82, 2.24) is 0 Å². The van der Waals surface area contributed by atoms with Crippen LogP contribution in [0.25, 0.3) is 0 Å². The third kappa shape index (κ3) is 2.70. The molecule has 0 radical (unpaired) electrons. The largest absolute Gasteiger partial charge is 0.463 e. The van der Waals surface area contributed by atoms with E-state index in [0.717, 1.165) is 13.1 Å². The Kier molecular flexibility index (Phi) is 3.52. The SMILES string of the molecule is CCN(C[C@H]1COC(N)=N1)c1ccccc1C. The zero-order valence-electron chi connectivity index (χ0n) is 10.4. The smallest absolute Gasteiger partial charge is 0.282 e. The molecule has 0 spiro atoms. The topological polar surface area (TPSA) is 50.9 Å². The first kappa shape index (κ1) is 11.8. The van der Waals surface area contributed by atoms with Crippen molar-refractivity contribution in [3.8, 4) is 0 Å². The molecule has 0 saturated carbocycles. The third-order valence-corrected chi connectivity index (χ3v) is 3.00. The van der Waals surface area contributed by atoms with Gasteiger partial charge in [0.15, 0.2) is 0 Å². The second-order valence-electron chi connectivity index (χ2n) is 4.26. The maximum Gasteiger partial charge on any atom is 0.282 e. The van der Waals surface area contributed by atoms with Crippen LogP contribution in [0.4, 0.5) is 5.69 Å². The lowest BCUT2D eigenvalue weighted by atomic mass is 10.1. The summed E-state index contributed by atoms with van der Waals surface area (Å²) in [4.78, 5) is 6.57. The van der Waals surface area contributed by atoms with Crippen molar-refractivity contribution in [3.63, 3.8) is 0 Å². The lowest BCUT2D eigenvalue weighted by Gasteiger charge is -2.26. The number of benzene rings is 1. The zero-order chi connectivity index (χ0) is 12.3. The van der Waals surface area contributed by atoms with Gasteiger partial charge in [-0.25, -0.2) is 4.99 Å². The van der Waals surface area contributed by atoms with E-state index in [1.165, 1.54) is 11.3 Å². The molecule has 0 aliphatic carbocycles. The molecule has 1 aliphatic rings. The van der Waals surface area contributed by atoms with Crippen LogP contribution in [0.5, 0.6) is 0 Å². The monoisotopic (exact) mass is 233 g/mol. The molecule has 2 rings (SSSR count). The van der Waals surface area contributed by atoms with Gasteiger partial charge in [0.2, 0.25) is 0 Å². The molecule has 2 N–H and O–H groups in total. The van der Waals surface area contributed by atoms with Crippen molar-refractivity contribution in [3.05, 3.63) is 29.8 Å². The summed E-state index contributed by atoms with van der Waals surface area (Å²) >= 11 is 0. The number of rotatable bonds is 4. The first-order valence-electron chi connectivity index (χ1n) is 5.97. The molecule has 0 fully saturated rings. The number of nitrogens with two attached hydrogens (primary N) is 1. The Labute approximate surface area is 102 Å². The van der Waals surface area contributed by atoms with Gasteiger partial charge in [0, 0.05) is 18.8 Å². The average Bonchev–Trinajstić information content (AvgIpc) is 2.73. The number of aliphatic imine (C=N–C) groups is 1. The number of aryl methyl sites for hydroxylation is 1. The normalized spacial score (nSPS) is 18.7. The molecule has 0 unspecified atom stereocenters. The quantitative estimate of drug-likeness (QED) is 0.858. The number of likely N-dealkylation sites (N-methyl/N-ethyl adjacent to an activating group) is 1. The van der Waals surface area contributed by atoms with Crippen LogP contribution in [0.3, 0.4) is 0 Å². The number of amidine groups is 1. The molecule has 1 aromatic carbocycles. The van der Waals surface area contributed by atoms with Gasteiger partial charge in [-0.3, -0.25) is 0 Å². The van der Waals surface area contributed by atoms with E-state index < -0.39 is 0 Å². The third-order valence-electron chi connectivity index (χ3n) is 3.00. The van der Waals surface area contributed by atoms with Gasteiger partial charge in [-0.1, -0.05) is 18.2 Å². The van der Waals surface area contributed by atoms with E-state index in [2.05, 4.69) is 48.0 Å². The van der Waals surface area contributed by atoms with Crippen LogP contribution in [-0.4, -0.2) is 31.8 Å². The van der Waals surface area contributed by atoms with Crippen molar-refractivity contribution < 1.29 is 4.74 Å². The predicted octanol–water partition coefficient (Wildman–Crippen LogP) is 1.53. The summed E-state index contributed by atoms with van der Waals surface area (Å²) in [7, 11) is 0. The summed E-state index contributed by atoms with van der Waals surface area (Å²) in [5.41, 5.74) is 8.06. The molecule has 1 atom stereocenters. The van der Waals surface area contributed by atoms with Crippen LogP contribution < -0.4 is 10.6 Å². The summed E-state index contributed by atoms with van der Waals surface area (Å²) in [6.45, 7) is 6.67. The summed E-state index contributed by atoms with van der Waals surface area (Å²) < 4.78 is 5.18. The van der Waals surface area contributed by atoms with Crippen LogP contribution in [-0.2, 0) is 4.74 Å². The number of para-hydroxylation sites is 1. The second-order valence-corrected chi connectivity index (χ2v) is 4.26. The van der Waals surface area contributed by atoms with Crippen LogP contribution in [0.2, 0.25) is 0 Å². The molecule has 17 heavy (non-hydrogen) atoms. The number of hydrogen-bond acceptors (Lipinski definition) is 4. The molecule has 1 aromatic rings. The number of ether oxygens (including phenoxy) is 1. The Morgan fingerprint density at radius 3 is 2.82 bits per heavy atom. The highest BCUT2D eigenvalue weighted by atomic mass is 16.5. The highest BCUT2D eigenvalue weighted by Gasteiger charge is 2.20. The Morgan fingerprint density at radius 2 is 2.24 bits per heavy atom. The first-order valence-corrected chi connectivity index (χ1v) is 5.97. The summed E-state index contributed by atoms with van der Waals surface area (Å²) in [6.07, 6.45) is 0. The molecular formula is C13H19N3O. The molecule has 4 nitrogen and oxygen atoms in total. The minimum Gasteiger partial charge on any atom is -0.463 e. The van der Waals surface area contributed by atoms with Gasteiger partial charge >= 0.3 is 0 Å². The standard InChI is InChI=1S/C13H19N3O/c1-3-16(8-11-9-17-13(14)15-11)12-7-5-4-6-10(12)2/h4-7,11H,3,8-9H2,1-2H3,(H2,14,15)/t11-/m0/s1. The van der Waals surface area contributed by atoms with Gasteiger partial charge in [-0.2, -0.15) is 0 Å². The van der Waals surface area contributed by atoms with Crippen molar-refractivity contribution in [2.24, 2.45) is 10.7 Å². The first-order chi connectivity index (χ1) is 8.20. The van der Waals surface area contributed by atoms with Crippen LogP contribution in [0, 0.1) is 6.92 Å². The van der Waals surface area contributed by atoms with Gasteiger partial charge < -0.3 is 15.4 Å². The molecule has 1 heterocycles. The van der Waals surface area contributed by atoms with Gasteiger partial charge in [-0.15, -0.1) is 0 Å². The molecule has 0 aromatic heterocycles. The second kappa shape index (κ2) is 5.08. The van der Waals surface area contributed by atoms with E-state index in [-0.39, 0.29) is 6.04 Å². The van der Waals surface area contributed by atoms with E-state index in [9.17, 15) is 0 Å². The van der Waals surface area contributed by atoms with Gasteiger partial charge in [0.25, 0.3) is 6.02 Å². The van der Waals surface area contributed by atoms with Crippen molar-refractivity contribution in [1.29, 1.82) is 0 Å². The van der Waals surface area contributed by atoms with Gasteiger partial charge in [-0.05, 0) is 25.5 Å². The lowest BCUT2D eigenvalue weighted by Crippen LogP contribution is -2.32. The van der Waals surface area contributed by atoms with Crippen LogP contribution in [0.15, 0.2) is 29.3 Å². The van der Waals surface area contributed by atoms with Gasteiger partial charge in [0.05, 0.1) is 0 Å². The molecule has 0 amide bonds. The summed E-state index contributed by atoms with van der Waals surface area (Å²) in [5, 5.41) is 0. The van der Waals surface area contributed by atoms with Crippen molar-refractivity contribution in [2.75, 3.05) is 24.6 Å². The summed E-state index contributed by atoms with van der Waals surface area (Å²) in [6, 6.07) is 8.85. The molecule has 92 valence electrons. The Bertz CT molecular complexity index is 417. The van der Waals surface area contributed by atoms with E-state index in [1.807, 2.05) is 0 Å². The van der Waals surface area contributed by atoms with E-state index in [1.54, 1.807) is 0 Å².